The van der Waals surface area contributed by atoms with Crippen molar-refractivity contribution in [3.63, 3.8) is 0 Å². The zero-order valence-electron chi connectivity index (χ0n) is 36.2. The van der Waals surface area contributed by atoms with Gasteiger partial charge in [-0.25, -0.2) is 9.97 Å². The van der Waals surface area contributed by atoms with Crippen LogP contribution in [0.25, 0.3) is 101 Å². The van der Waals surface area contributed by atoms with E-state index < -0.39 is 35.4 Å². The van der Waals surface area contributed by atoms with E-state index in [2.05, 4.69) is 0 Å². The van der Waals surface area contributed by atoms with Gasteiger partial charge in [0.1, 0.15) is 11.5 Å². The Balaban J connectivity index is 0.000000181. The van der Waals surface area contributed by atoms with Crippen molar-refractivity contribution < 1.29 is 72.3 Å². The Bertz CT molecular complexity index is 3330. The first-order valence-electron chi connectivity index (χ1n) is 20.9. The first-order chi connectivity index (χ1) is 33.6. The number of carbonyl (C=O) groups is 2. The number of nitrogens with zero attached hydrogens (tertiary/aromatic N) is 8. The fourth-order valence-electron chi connectivity index (χ4n) is 7.25. The number of carbonyl (C=O) groups excluding carboxylic acids is 2. The molecule has 12 nitrogen and oxygen atoms in total. The second-order valence-corrected chi connectivity index (χ2v) is 15.2. The molecule has 19 heteroatoms. The molecule has 2 N–H and O–H groups in total. The number of aliphatic hydroxyl groups excluding tert-OH is 2. The van der Waals surface area contributed by atoms with E-state index in [0.29, 0.717) is 45.9 Å². The molecule has 0 aliphatic carbocycles. The molecule has 0 unspecified atom stereocenters. The molecule has 0 fully saturated rings. The number of allylic oxidation sites excluding steroid dienone is 2. The summed E-state index contributed by atoms with van der Waals surface area (Å²) in [5.74, 6) is -3.34. The first kappa shape index (κ1) is 49.0. The molecular formula is C52H30F6N8O4Zr. The average molecular weight is 1040 g/mol. The molecule has 348 valence electrons. The van der Waals surface area contributed by atoms with E-state index >= 15 is 0 Å². The molecule has 5 heterocycles. The predicted molar refractivity (Wildman–Crippen MR) is 250 cm³/mol. The van der Waals surface area contributed by atoms with Crippen LogP contribution in [0.1, 0.15) is 11.1 Å². The van der Waals surface area contributed by atoms with Crippen LogP contribution in [0.15, 0.2) is 170 Å². The van der Waals surface area contributed by atoms with Crippen LogP contribution in [0.2, 0.25) is 0 Å². The number of fused-ring (bicyclic) bond motifs is 20. The first-order valence-corrected chi connectivity index (χ1v) is 20.9. The summed E-state index contributed by atoms with van der Waals surface area (Å²) >= 11 is 0. The molecule has 3 aromatic heterocycles. The second-order valence-electron chi connectivity index (χ2n) is 15.2. The fourth-order valence-corrected chi connectivity index (χ4v) is 7.25. The third kappa shape index (κ3) is 10.6. The zero-order chi connectivity index (χ0) is 49.2. The molecule has 0 saturated heterocycles. The van der Waals surface area contributed by atoms with Crippen LogP contribution in [0.4, 0.5) is 26.3 Å². The van der Waals surface area contributed by atoms with Gasteiger partial charge in [-0.15, -0.1) is 0 Å². The molecule has 0 saturated carbocycles. The van der Waals surface area contributed by atoms with Crippen molar-refractivity contribution in [3.05, 3.63) is 181 Å². The van der Waals surface area contributed by atoms with Gasteiger partial charge in [0.2, 0.25) is 0 Å². The van der Waals surface area contributed by atoms with Crippen molar-refractivity contribution in [3.8, 4) is 45.6 Å². The van der Waals surface area contributed by atoms with E-state index in [1.165, 1.54) is 48.5 Å². The largest absolute Gasteiger partial charge is 2.00 e. The standard InChI is InChI=1S/C32H16N8.2C10H7F3O2.Zr/c1-2-10-18-17(9-1)25-33-26(18)38-28-21-13-5-6-14-22(21)30(35-28)40-32-24-16-8-7-15-23(24)31(36-32)39-29-20-12-4-3-11-19(20)27(34-29)37-25;2*11-10(12,13)9(15)6-8(14)7-4-2-1-3-5-7;/h1-16H;2*1-6,14H;/q-2;;;+2. The van der Waals surface area contributed by atoms with E-state index in [0.717, 1.165) is 43.8 Å². The maximum Gasteiger partial charge on any atom is 2.00 e. The summed E-state index contributed by atoms with van der Waals surface area (Å²) in [5, 5.41) is 22.0. The molecule has 9 aromatic rings. The summed E-state index contributed by atoms with van der Waals surface area (Å²) < 4.78 is 70.9. The molecule has 6 aromatic carbocycles. The maximum atomic E-state index is 11.8. The van der Waals surface area contributed by atoms with E-state index in [-0.39, 0.29) is 49.5 Å². The fraction of sp³-hybridized carbons (Fsp3) is 0.0385. The van der Waals surface area contributed by atoms with Gasteiger partial charge in [0.15, 0.2) is 0 Å². The van der Waals surface area contributed by atoms with Crippen LogP contribution < -0.4 is 9.97 Å². The molecular weight excluding hydrogens is 1010 g/mol. The van der Waals surface area contributed by atoms with Crippen LogP contribution in [0, 0.1) is 0 Å². The van der Waals surface area contributed by atoms with Crippen LogP contribution in [-0.2, 0) is 35.8 Å². The van der Waals surface area contributed by atoms with E-state index in [1.54, 1.807) is 12.1 Å². The maximum absolute atomic E-state index is 11.8. The van der Waals surface area contributed by atoms with Crippen LogP contribution >= 0.6 is 0 Å². The van der Waals surface area contributed by atoms with Gasteiger partial charge in [-0.3, -0.25) is 9.59 Å². The van der Waals surface area contributed by atoms with Crippen molar-refractivity contribution >= 4 is 67.2 Å². The summed E-state index contributed by atoms with van der Waals surface area (Å²) in [7, 11) is 0. The SMILES string of the molecule is O=C(C=C(O)c1ccccc1)C(F)(F)F.O=C(C=C(O)c1ccccc1)C(F)(F)F.[Zr+2].c1ccc2c(c1)-c1nc-2nc2[n-]c(nc3nc(nc4[n-]c(n1)c1ccccc41)-c1ccccc1-3)c1ccccc21. The minimum Gasteiger partial charge on any atom is -0.507 e. The zero-order valence-corrected chi connectivity index (χ0v) is 38.7. The number of hydrogen-bond donors (Lipinski definition) is 2. The van der Waals surface area contributed by atoms with Crippen molar-refractivity contribution in [2.75, 3.05) is 0 Å². The molecule has 11 rings (SSSR count). The van der Waals surface area contributed by atoms with Gasteiger partial charge in [0.25, 0.3) is 11.6 Å². The molecule has 2 aliphatic rings. The van der Waals surface area contributed by atoms with Gasteiger partial charge >= 0.3 is 38.6 Å². The van der Waals surface area contributed by atoms with Gasteiger partial charge in [0, 0.05) is 68.1 Å². The number of aliphatic hydroxyl groups is 2. The Morgan fingerprint density at radius 3 is 0.873 bits per heavy atom. The van der Waals surface area contributed by atoms with Crippen LogP contribution in [0.5, 0.6) is 0 Å². The predicted octanol–water partition coefficient (Wildman–Crippen LogP) is 11.6. The monoisotopic (exact) mass is 1030 g/mol. The quantitative estimate of drug-likeness (QED) is 0.0969. The third-order valence-corrected chi connectivity index (χ3v) is 10.6. The van der Waals surface area contributed by atoms with Gasteiger partial charge in [-0.05, 0) is 21.5 Å². The number of halogens is 6. The number of ketones is 2. The summed E-state index contributed by atoms with van der Waals surface area (Å²) in [6, 6.07) is 46.9. The summed E-state index contributed by atoms with van der Waals surface area (Å²) in [6.45, 7) is 0. The third-order valence-electron chi connectivity index (χ3n) is 10.6. The Hall–Kier alpha value is -8.44. The summed E-state index contributed by atoms with van der Waals surface area (Å²) in [6.07, 6.45) is -9.59. The molecule has 8 bridgehead atoms. The minimum absolute atomic E-state index is 0. The molecule has 0 radical (unpaired) electrons. The smallest absolute Gasteiger partial charge is 0.507 e. The minimum atomic E-state index is -4.96. The summed E-state index contributed by atoms with van der Waals surface area (Å²) in [5.41, 5.74) is 6.11. The van der Waals surface area contributed by atoms with Gasteiger partial charge in [0.05, 0.1) is 23.3 Å². The van der Waals surface area contributed by atoms with Gasteiger partial charge < -0.3 is 40.1 Å². The van der Waals surface area contributed by atoms with Crippen LogP contribution in [0.3, 0.4) is 0 Å². The molecule has 0 spiro atoms. The topological polar surface area (TPSA) is 180 Å². The van der Waals surface area contributed by atoms with E-state index in [9.17, 15) is 46.1 Å². The molecule has 0 atom stereocenters. The van der Waals surface area contributed by atoms with Crippen molar-refractivity contribution in [1.82, 2.24) is 39.9 Å². The van der Waals surface area contributed by atoms with Crippen molar-refractivity contribution in [2.24, 2.45) is 0 Å². The number of alkyl halides is 6. The number of aromatic nitrogens is 8. The Morgan fingerprint density at radius 2 is 0.620 bits per heavy atom. The van der Waals surface area contributed by atoms with Crippen molar-refractivity contribution in [2.45, 2.75) is 12.4 Å². The Labute approximate surface area is 416 Å². The Kier molecular flexibility index (Phi) is 14.0. The number of benzene rings is 6. The van der Waals surface area contributed by atoms with Gasteiger partial charge in [-0.2, -0.15) is 26.3 Å². The van der Waals surface area contributed by atoms with E-state index in [4.69, 9.17) is 39.9 Å². The molecule has 2 aliphatic heterocycles. The number of hydrogen-bond acceptors (Lipinski definition) is 10. The molecule has 71 heavy (non-hydrogen) atoms. The summed E-state index contributed by atoms with van der Waals surface area (Å²) in [4.78, 5) is 60.2. The van der Waals surface area contributed by atoms with Gasteiger partial charge in [-0.1, -0.05) is 158 Å². The van der Waals surface area contributed by atoms with Crippen molar-refractivity contribution in [1.29, 1.82) is 0 Å². The van der Waals surface area contributed by atoms with Crippen LogP contribution in [-0.4, -0.2) is 64.0 Å². The normalized spacial score (nSPS) is 12.1. The van der Waals surface area contributed by atoms with E-state index in [1.807, 2.05) is 97.1 Å². The second kappa shape index (κ2) is 20.3. The Morgan fingerprint density at radius 1 is 0.380 bits per heavy atom. The molecule has 0 amide bonds. The average Bonchev–Trinajstić information content (AvgIpc) is 4.10. The number of rotatable bonds is 4.